The van der Waals surface area contributed by atoms with Gasteiger partial charge in [-0.05, 0) is 55.7 Å². The highest BCUT2D eigenvalue weighted by atomic mass is 32.2. The maximum Gasteiger partial charge on any atom is 0.312 e. The molecule has 0 amide bonds. The van der Waals surface area contributed by atoms with E-state index in [9.17, 15) is 18.5 Å². The van der Waals surface area contributed by atoms with Gasteiger partial charge in [0, 0.05) is 24.8 Å². The van der Waals surface area contributed by atoms with Gasteiger partial charge in [0.2, 0.25) is 0 Å². The Morgan fingerprint density at radius 2 is 1.85 bits per heavy atom. The highest BCUT2D eigenvalue weighted by Crippen LogP contribution is 2.31. The average Bonchev–Trinajstić information content (AvgIpc) is 3.17. The Morgan fingerprint density at radius 1 is 1.15 bits per heavy atom. The second kappa shape index (κ2) is 7.43. The van der Waals surface area contributed by atoms with Crippen LogP contribution < -0.4 is 14.4 Å². The molecule has 1 N–H and O–H groups in total. The normalized spacial score (nSPS) is 14.2. The average molecular weight is 391 g/mol. The summed E-state index contributed by atoms with van der Waals surface area (Å²) in [4.78, 5) is 12.5. The Balaban J connectivity index is 1.88. The van der Waals surface area contributed by atoms with Gasteiger partial charge < -0.3 is 9.64 Å². The first-order chi connectivity index (χ1) is 12.8. The van der Waals surface area contributed by atoms with Crippen LogP contribution in [-0.4, -0.2) is 33.5 Å². The molecule has 0 spiro atoms. The van der Waals surface area contributed by atoms with Gasteiger partial charge in [-0.15, -0.1) is 0 Å². The van der Waals surface area contributed by atoms with E-state index in [1.807, 2.05) is 19.1 Å². The number of sulfonamides is 1. The summed E-state index contributed by atoms with van der Waals surface area (Å²) in [6.07, 6.45) is 2.31. The smallest absolute Gasteiger partial charge is 0.312 e. The minimum Gasteiger partial charge on any atom is -0.490 e. The zero-order valence-corrected chi connectivity index (χ0v) is 16.0. The van der Waals surface area contributed by atoms with Gasteiger partial charge in [-0.3, -0.25) is 14.8 Å². The molecule has 27 heavy (non-hydrogen) atoms. The molecular weight excluding hydrogens is 370 g/mol. The number of hydrogen-bond acceptors (Lipinski definition) is 6. The molecule has 2 aromatic carbocycles. The summed E-state index contributed by atoms with van der Waals surface area (Å²) in [5.74, 6) is 0.00472. The van der Waals surface area contributed by atoms with E-state index in [1.54, 1.807) is 6.07 Å². The van der Waals surface area contributed by atoms with Crippen molar-refractivity contribution in [1.82, 2.24) is 0 Å². The Kier molecular flexibility index (Phi) is 5.22. The lowest BCUT2D eigenvalue weighted by molar-refractivity contribution is -0.386. The van der Waals surface area contributed by atoms with Crippen molar-refractivity contribution in [2.45, 2.75) is 24.7 Å². The van der Waals surface area contributed by atoms with Crippen LogP contribution in [0.15, 0.2) is 41.3 Å². The molecule has 0 aliphatic carbocycles. The number of nitrogens with one attached hydrogen (secondary N) is 1. The Morgan fingerprint density at radius 3 is 2.44 bits per heavy atom. The molecule has 1 heterocycles. The molecule has 0 bridgehead atoms. The third-order valence-electron chi connectivity index (χ3n) is 4.58. The standard InChI is InChI=1S/C18H21N3O5S/c1-13-11-14(20-9-3-4-10-20)5-7-16(13)19-27(24,25)15-6-8-18(26-2)17(12-15)21(22)23/h5-8,11-12,19H,3-4,9-10H2,1-2H3. The van der Waals surface area contributed by atoms with E-state index < -0.39 is 20.6 Å². The van der Waals surface area contributed by atoms with Crippen molar-refractivity contribution in [3.8, 4) is 5.75 Å². The second-order valence-electron chi connectivity index (χ2n) is 6.39. The lowest BCUT2D eigenvalue weighted by Gasteiger charge is -2.19. The zero-order chi connectivity index (χ0) is 19.6. The number of nitro benzene ring substituents is 1. The van der Waals surface area contributed by atoms with Gasteiger partial charge in [0.1, 0.15) is 0 Å². The van der Waals surface area contributed by atoms with Crippen molar-refractivity contribution in [1.29, 1.82) is 0 Å². The zero-order valence-electron chi connectivity index (χ0n) is 15.1. The van der Waals surface area contributed by atoms with E-state index in [2.05, 4.69) is 9.62 Å². The van der Waals surface area contributed by atoms with Gasteiger partial charge in [0.25, 0.3) is 10.0 Å². The minimum absolute atomic E-state index is 0.00472. The number of benzene rings is 2. The number of nitrogens with zero attached hydrogens (tertiary/aromatic N) is 2. The van der Waals surface area contributed by atoms with Crippen LogP contribution in [0.1, 0.15) is 18.4 Å². The molecule has 1 aliphatic heterocycles. The fourth-order valence-electron chi connectivity index (χ4n) is 3.12. The van der Waals surface area contributed by atoms with E-state index in [0.717, 1.165) is 43.2 Å². The van der Waals surface area contributed by atoms with Crippen LogP contribution in [0.5, 0.6) is 5.75 Å². The van der Waals surface area contributed by atoms with E-state index in [0.29, 0.717) is 5.69 Å². The van der Waals surface area contributed by atoms with Crippen molar-refractivity contribution in [3.05, 3.63) is 52.1 Å². The third kappa shape index (κ3) is 3.97. The van der Waals surface area contributed by atoms with Gasteiger partial charge in [-0.2, -0.15) is 0 Å². The summed E-state index contributed by atoms with van der Waals surface area (Å²) < 4.78 is 32.8. The fourth-order valence-corrected chi connectivity index (χ4v) is 4.27. The van der Waals surface area contributed by atoms with Gasteiger partial charge in [-0.25, -0.2) is 8.42 Å². The van der Waals surface area contributed by atoms with E-state index in [-0.39, 0.29) is 10.6 Å². The Hall–Kier alpha value is -2.81. The molecule has 0 unspecified atom stereocenters. The first-order valence-electron chi connectivity index (χ1n) is 8.52. The van der Waals surface area contributed by atoms with Crippen LogP contribution in [0.4, 0.5) is 17.1 Å². The topological polar surface area (TPSA) is 102 Å². The van der Waals surface area contributed by atoms with Crippen LogP contribution in [0.3, 0.4) is 0 Å². The quantitative estimate of drug-likeness (QED) is 0.599. The number of rotatable bonds is 6. The van der Waals surface area contributed by atoms with Crippen LogP contribution in [-0.2, 0) is 10.0 Å². The van der Waals surface area contributed by atoms with Crippen LogP contribution in [0.25, 0.3) is 0 Å². The fraction of sp³-hybridized carbons (Fsp3) is 0.333. The molecule has 0 saturated carbocycles. The van der Waals surface area contributed by atoms with Crippen molar-refractivity contribution in [2.24, 2.45) is 0 Å². The molecule has 0 atom stereocenters. The number of anilines is 2. The SMILES string of the molecule is COc1ccc(S(=O)(=O)Nc2ccc(N3CCCC3)cc2C)cc1[N+](=O)[O-]. The monoisotopic (exact) mass is 391 g/mol. The van der Waals surface area contributed by atoms with Crippen LogP contribution in [0.2, 0.25) is 0 Å². The van der Waals surface area contributed by atoms with E-state index >= 15 is 0 Å². The summed E-state index contributed by atoms with van der Waals surface area (Å²) in [5.41, 5.74) is 1.89. The summed E-state index contributed by atoms with van der Waals surface area (Å²) >= 11 is 0. The summed E-state index contributed by atoms with van der Waals surface area (Å²) in [5, 5.41) is 11.1. The van der Waals surface area contributed by atoms with Crippen LogP contribution in [0, 0.1) is 17.0 Å². The van der Waals surface area contributed by atoms with Crippen molar-refractivity contribution in [2.75, 3.05) is 29.8 Å². The summed E-state index contributed by atoms with van der Waals surface area (Å²) in [6, 6.07) is 9.10. The molecule has 1 fully saturated rings. The number of aryl methyl sites for hydroxylation is 1. The largest absolute Gasteiger partial charge is 0.490 e. The highest BCUT2D eigenvalue weighted by molar-refractivity contribution is 7.92. The maximum absolute atomic E-state index is 12.7. The van der Waals surface area contributed by atoms with Crippen LogP contribution >= 0.6 is 0 Å². The first-order valence-corrected chi connectivity index (χ1v) is 10.0. The maximum atomic E-state index is 12.7. The number of nitro groups is 1. The molecular formula is C18H21N3O5S. The number of hydrogen-bond donors (Lipinski definition) is 1. The highest BCUT2D eigenvalue weighted by Gasteiger charge is 2.23. The van der Waals surface area contributed by atoms with Crippen molar-refractivity contribution < 1.29 is 18.1 Å². The Labute approximate surface area is 158 Å². The molecule has 8 nitrogen and oxygen atoms in total. The molecule has 0 aromatic heterocycles. The second-order valence-corrected chi connectivity index (χ2v) is 8.07. The van der Waals surface area contributed by atoms with E-state index in [4.69, 9.17) is 4.74 Å². The molecule has 1 saturated heterocycles. The van der Waals surface area contributed by atoms with Gasteiger partial charge >= 0.3 is 5.69 Å². The predicted octanol–water partition coefficient (Wildman–Crippen LogP) is 3.31. The molecule has 9 heteroatoms. The molecule has 3 rings (SSSR count). The third-order valence-corrected chi connectivity index (χ3v) is 5.95. The number of methoxy groups -OCH3 is 1. The lowest BCUT2D eigenvalue weighted by atomic mass is 10.2. The van der Waals surface area contributed by atoms with Crippen molar-refractivity contribution >= 4 is 27.1 Å². The Bertz CT molecular complexity index is 969. The summed E-state index contributed by atoms with van der Waals surface area (Å²) in [6.45, 7) is 3.83. The molecule has 1 aliphatic rings. The lowest BCUT2D eigenvalue weighted by Crippen LogP contribution is -2.18. The molecule has 2 aromatic rings. The molecule has 144 valence electrons. The molecule has 0 radical (unpaired) electrons. The van der Waals surface area contributed by atoms with Gasteiger partial charge in [0.05, 0.1) is 22.6 Å². The first kappa shape index (κ1) is 19.0. The summed E-state index contributed by atoms with van der Waals surface area (Å²) in [7, 11) is -2.68. The number of ether oxygens (including phenoxy) is 1. The van der Waals surface area contributed by atoms with E-state index in [1.165, 1.54) is 19.2 Å². The van der Waals surface area contributed by atoms with Gasteiger partial charge in [0.15, 0.2) is 5.75 Å². The predicted molar refractivity (Wildman–Crippen MR) is 103 cm³/mol. The van der Waals surface area contributed by atoms with Crippen molar-refractivity contribution in [3.63, 3.8) is 0 Å². The van der Waals surface area contributed by atoms with Gasteiger partial charge in [-0.1, -0.05) is 0 Å². The minimum atomic E-state index is -3.97.